The average molecular weight is 429 g/mol. The van der Waals surface area contributed by atoms with Crippen molar-refractivity contribution in [1.82, 2.24) is 14.2 Å². The van der Waals surface area contributed by atoms with E-state index in [1.54, 1.807) is 6.07 Å². The Morgan fingerprint density at radius 1 is 1.10 bits per heavy atom. The van der Waals surface area contributed by atoms with E-state index in [1.807, 2.05) is 18.7 Å². The quantitative estimate of drug-likeness (QED) is 0.742. The van der Waals surface area contributed by atoms with Crippen molar-refractivity contribution >= 4 is 15.8 Å². The Hall–Kier alpha value is -2.17. The van der Waals surface area contributed by atoms with E-state index in [4.69, 9.17) is 0 Å². The van der Waals surface area contributed by atoms with Crippen LogP contribution >= 0.6 is 0 Å². The Labute approximate surface area is 167 Å². The Kier molecular flexibility index (Phi) is 5.88. The van der Waals surface area contributed by atoms with Crippen molar-refractivity contribution in [2.24, 2.45) is 0 Å². The van der Waals surface area contributed by atoms with Crippen LogP contribution in [0.4, 0.5) is 13.2 Å². The first-order valence-electron chi connectivity index (χ1n) is 9.07. The molecule has 0 amide bonds. The van der Waals surface area contributed by atoms with Gasteiger partial charge in [-0.2, -0.15) is 17.5 Å². The molecule has 0 bridgehead atoms. The van der Waals surface area contributed by atoms with Crippen molar-refractivity contribution < 1.29 is 26.4 Å². The monoisotopic (exact) mass is 429 g/mol. The predicted octanol–water partition coefficient (Wildman–Crippen LogP) is 2.84. The van der Waals surface area contributed by atoms with Crippen molar-refractivity contribution in [3.05, 3.63) is 52.8 Å². The van der Waals surface area contributed by atoms with Crippen LogP contribution in [0.25, 0.3) is 0 Å². The first-order chi connectivity index (χ1) is 13.5. The number of aromatic amines is 1. The first-order valence-corrected chi connectivity index (χ1v) is 10.5. The van der Waals surface area contributed by atoms with Crippen LogP contribution in [0.5, 0.6) is 0 Å². The molecule has 1 aliphatic heterocycles. The van der Waals surface area contributed by atoms with Crippen molar-refractivity contribution in [3.8, 4) is 0 Å². The molecule has 0 spiro atoms. The summed E-state index contributed by atoms with van der Waals surface area (Å²) < 4.78 is 65.3. The second-order valence-electron chi connectivity index (χ2n) is 7.12. The van der Waals surface area contributed by atoms with Gasteiger partial charge in [0.2, 0.25) is 10.0 Å². The smallest absolute Gasteiger partial charge is 0.362 e. The molecular weight excluding hydrogens is 407 g/mol. The van der Waals surface area contributed by atoms with Crippen LogP contribution in [-0.4, -0.2) is 61.1 Å². The summed E-state index contributed by atoms with van der Waals surface area (Å²) in [6.45, 7) is 4.71. The summed E-state index contributed by atoms with van der Waals surface area (Å²) in [6, 6.07) is 5.53. The molecule has 1 aliphatic rings. The summed E-state index contributed by atoms with van der Waals surface area (Å²) in [4.78, 5) is 17.0. The van der Waals surface area contributed by atoms with E-state index in [2.05, 4.69) is 4.98 Å². The molecule has 3 rings (SSSR count). The summed E-state index contributed by atoms with van der Waals surface area (Å²) in [7, 11) is -4.04. The molecule has 2 heterocycles. The number of alkyl halides is 3. The van der Waals surface area contributed by atoms with Gasteiger partial charge in [-0.3, -0.25) is 9.69 Å². The SMILES string of the molecule is Cc1cc(C(=O)CN2CCN(S(=O)(=O)c3cccc(C(F)(F)F)c3)CC2)c(C)[nH]1. The van der Waals surface area contributed by atoms with Crippen molar-refractivity contribution in [2.75, 3.05) is 32.7 Å². The van der Waals surface area contributed by atoms with Gasteiger partial charge >= 0.3 is 6.18 Å². The first kappa shape index (κ1) is 21.5. The number of benzene rings is 1. The highest BCUT2D eigenvalue weighted by atomic mass is 32.2. The summed E-state index contributed by atoms with van der Waals surface area (Å²) in [6.07, 6.45) is -4.61. The maximum Gasteiger partial charge on any atom is 0.416 e. The molecule has 0 saturated carbocycles. The van der Waals surface area contributed by atoms with Gasteiger partial charge in [0.1, 0.15) is 0 Å². The van der Waals surface area contributed by atoms with E-state index in [0.717, 1.165) is 33.9 Å². The van der Waals surface area contributed by atoms with E-state index < -0.39 is 21.8 Å². The number of carbonyl (C=O) groups excluding carboxylic acids is 1. The standard InChI is InChI=1S/C19H22F3N3O3S/c1-13-10-17(14(2)23-13)18(26)12-24-6-8-25(9-7-24)29(27,28)16-5-3-4-15(11-16)19(20,21)22/h3-5,10-11,23H,6-9,12H2,1-2H3. The van der Waals surface area contributed by atoms with E-state index >= 15 is 0 Å². The Bertz CT molecular complexity index is 1010. The molecule has 1 aromatic carbocycles. The van der Waals surface area contributed by atoms with Crippen molar-refractivity contribution in [1.29, 1.82) is 0 Å². The van der Waals surface area contributed by atoms with Crippen LogP contribution in [-0.2, 0) is 16.2 Å². The zero-order valence-corrected chi connectivity index (χ0v) is 16.9. The van der Waals surface area contributed by atoms with Crippen LogP contribution in [0.2, 0.25) is 0 Å². The molecule has 1 aromatic heterocycles. The fourth-order valence-corrected chi connectivity index (χ4v) is 4.88. The number of aryl methyl sites for hydroxylation is 2. The third kappa shape index (κ3) is 4.71. The molecule has 0 radical (unpaired) electrons. The third-order valence-corrected chi connectivity index (χ3v) is 6.84. The number of aromatic nitrogens is 1. The van der Waals surface area contributed by atoms with E-state index in [1.165, 1.54) is 0 Å². The number of rotatable bonds is 5. The summed E-state index contributed by atoms with van der Waals surface area (Å²) in [5.74, 6) is -0.0546. The van der Waals surface area contributed by atoms with Gasteiger partial charge < -0.3 is 4.98 Å². The topological polar surface area (TPSA) is 73.5 Å². The minimum atomic E-state index is -4.61. The highest BCUT2D eigenvalue weighted by Crippen LogP contribution is 2.31. The maximum atomic E-state index is 12.9. The van der Waals surface area contributed by atoms with Gasteiger partial charge in [-0.15, -0.1) is 0 Å². The number of hydrogen-bond donors (Lipinski definition) is 1. The van der Waals surface area contributed by atoms with E-state index in [-0.39, 0.29) is 30.3 Å². The lowest BCUT2D eigenvalue weighted by Crippen LogP contribution is -2.49. The fourth-order valence-electron chi connectivity index (χ4n) is 3.41. The maximum absolute atomic E-state index is 12.9. The van der Waals surface area contributed by atoms with Crippen molar-refractivity contribution in [3.63, 3.8) is 0 Å². The zero-order valence-electron chi connectivity index (χ0n) is 16.1. The number of nitrogens with zero attached hydrogens (tertiary/aromatic N) is 2. The summed E-state index contributed by atoms with van der Waals surface area (Å²) in [5, 5.41) is 0. The third-order valence-electron chi connectivity index (χ3n) is 4.95. The number of Topliss-reactive ketones (excluding diaryl/α,β-unsaturated/α-hetero) is 1. The molecular formula is C19H22F3N3O3S. The van der Waals surface area contributed by atoms with E-state index in [0.29, 0.717) is 24.7 Å². The van der Waals surface area contributed by atoms with Gasteiger partial charge in [-0.05, 0) is 38.1 Å². The van der Waals surface area contributed by atoms with Crippen LogP contribution in [0.15, 0.2) is 35.2 Å². The molecule has 6 nitrogen and oxygen atoms in total. The van der Waals surface area contributed by atoms with Crippen LogP contribution < -0.4 is 0 Å². The van der Waals surface area contributed by atoms with Crippen molar-refractivity contribution in [2.45, 2.75) is 24.9 Å². The Morgan fingerprint density at radius 2 is 1.76 bits per heavy atom. The number of piperazine rings is 1. The van der Waals surface area contributed by atoms with Gasteiger partial charge in [0.15, 0.2) is 5.78 Å². The summed E-state index contributed by atoms with van der Waals surface area (Å²) in [5.41, 5.74) is 1.29. The van der Waals surface area contributed by atoms with Crippen LogP contribution in [0.3, 0.4) is 0 Å². The second-order valence-corrected chi connectivity index (χ2v) is 9.06. The minimum Gasteiger partial charge on any atom is -0.362 e. The molecule has 158 valence electrons. The number of ketones is 1. The molecule has 29 heavy (non-hydrogen) atoms. The predicted molar refractivity (Wildman–Crippen MR) is 101 cm³/mol. The average Bonchev–Trinajstić information content (AvgIpc) is 3.00. The number of H-pyrrole nitrogens is 1. The Balaban J connectivity index is 1.65. The summed E-state index contributed by atoms with van der Waals surface area (Å²) >= 11 is 0. The molecule has 1 saturated heterocycles. The molecule has 0 unspecified atom stereocenters. The van der Waals surface area contributed by atoms with Crippen LogP contribution in [0.1, 0.15) is 27.3 Å². The second kappa shape index (κ2) is 7.92. The normalized spacial score (nSPS) is 16.9. The Morgan fingerprint density at radius 3 is 2.31 bits per heavy atom. The number of sulfonamides is 1. The zero-order chi connectivity index (χ0) is 21.4. The molecule has 10 heteroatoms. The van der Waals surface area contributed by atoms with E-state index in [9.17, 15) is 26.4 Å². The lowest BCUT2D eigenvalue weighted by molar-refractivity contribution is -0.137. The molecule has 2 aromatic rings. The lowest BCUT2D eigenvalue weighted by atomic mass is 10.1. The lowest BCUT2D eigenvalue weighted by Gasteiger charge is -2.33. The minimum absolute atomic E-state index is 0.0546. The van der Waals surface area contributed by atoms with Gasteiger partial charge in [0.25, 0.3) is 0 Å². The van der Waals surface area contributed by atoms with Gasteiger partial charge in [0.05, 0.1) is 17.0 Å². The number of nitrogens with one attached hydrogen (secondary N) is 1. The highest BCUT2D eigenvalue weighted by Gasteiger charge is 2.34. The van der Waals surface area contributed by atoms with Crippen LogP contribution in [0, 0.1) is 13.8 Å². The number of hydrogen-bond acceptors (Lipinski definition) is 4. The molecule has 1 N–H and O–H groups in total. The molecule has 0 atom stereocenters. The molecule has 1 fully saturated rings. The fraction of sp³-hybridized carbons (Fsp3) is 0.421. The number of carbonyl (C=O) groups is 1. The number of halogens is 3. The van der Waals surface area contributed by atoms with Gasteiger partial charge in [-0.1, -0.05) is 6.07 Å². The highest BCUT2D eigenvalue weighted by molar-refractivity contribution is 7.89. The largest absolute Gasteiger partial charge is 0.416 e. The van der Waals surface area contributed by atoms with Gasteiger partial charge in [-0.25, -0.2) is 8.42 Å². The molecule has 0 aliphatic carbocycles. The van der Waals surface area contributed by atoms with Gasteiger partial charge in [0, 0.05) is 43.1 Å².